The number of carbonyl (C=O) groups is 2. The van der Waals surface area contributed by atoms with Crippen molar-refractivity contribution in [3.8, 4) is 5.88 Å². The summed E-state index contributed by atoms with van der Waals surface area (Å²) in [5.74, 6) is -0.324. The molecule has 9 nitrogen and oxygen atoms in total. The highest BCUT2D eigenvalue weighted by atomic mass is 16.5. The first-order chi connectivity index (χ1) is 13.5. The maximum Gasteiger partial charge on any atom is 0.331 e. The van der Waals surface area contributed by atoms with Gasteiger partial charge in [-0.2, -0.15) is 0 Å². The van der Waals surface area contributed by atoms with E-state index in [-0.39, 0.29) is 18.2 Å². The number of nitrogens with zero attached hydrogens (tertiary/aromatic N) is 2. The van der Waals surface area contributed by atoms with E-state index in [1.807, 2.05) is 13.8 Å². The molecule has 0 saturated heterocycles. The number of ether oxygens (including phenoxy) is 3. The van der Waals surface area contributed by atoms with Crippen molar-refractivity contribution < 1.29 is 23.8 Å². The first kappa shape index (κ1) is 23.6. The minimum absolute atomic E-state index is 0.0589. The van der Waals surface area contributed by atoms with E-state index in [1.54, 1.807) is 7.11 Å². The molecule has 0 atom stereocenters. The second kappa shape index (κ2) is 12.1. The number of amides is 1. The van der Waals surface area contributed by atoms with Crippen molar-refractivity contribution >= 4 is 17.7 Å². The molecule has 0 unspecified atom stereocenters. The average molecular weight is 396 g/mol. The van der Waals surface area contributed by atoms with Gasteiger partial charge in [0, 0.05) is 13.7 Å². The fourth-order valence-corrected chi connectivity index (χ4v) is 2.55. The van der Waals surface area contributed by atoms with Crippen molar-refractivity contribution in [1.29, 1.82) is 0 Å². The van der Waals surface area contributed by atoms with Crippen LogP contribution in [-0.2, 0) is 14.3 Å². The summed E-state index contributed by atoms with van der Waals surface area (Å²) in [5, 5.41) is 5.91. The highest BCUT2D eigenvalue weighted by Crippen LogP contribution is 2.21. The number of methoxy groups -OCH3 is 2. The highest BCUT2D eigenvalue weighted by molar-refractivity contribution is 5.96. The number of hydrogen-bond donors (Lipinski definition) is 2. The third-order valence-corrected chi connectivity index (χ3v) is 4.46. The quantitative estimate of drug-likeness (QED) is 0.385. The van der Waals surface area contributed by atoms with Crippen LogP contribution in [0, 0.1) is 0 Å². The van der Waals surface area contributed by atoms with E-state index < -0.39 is 17.4 Å². The Morgan fingerprint density at radius 3 is 2.43 bits per heavy atom. The summed E-state index contributed by atoms with van der Waals surface area (Å²) in [5.41, 5.74) is -1.05. The van der Waals surface area contributed by atoms with Crippen molar-refractivity contribution in [3.63, 3.8) is 0 Å². The molecule has 1 amide bonds. The minimum Gasteiger partial charge on any atom is -0.473 e. The third-order valence-electron chi connectivity index (χ3n) is 4.46. The van der Waals surface area contributed by atoms with E-state index in [4.69, 9.17) is 14.2 Å². The highest BCUT2D eigenvalue weighted by Gasteiger charge is 2.38. The van der Waals surface area contributed by atoms with Crippen molar-refractivity contribution in [2.24, 2.45) is 0 Å². The van der Waals surface area contributed by atoms with Gasteiger partial charge in [-0.25, -0.2) is 14.8 Å². The molecule has 2 N–H and O–H groups in total. The predicted octanol–water partition coefficient (Wildman–Crippen LogP) is 2.18. The molecule has 1 heterocycles. The van der Waals surface area contributed by atoms with Gasteiger partial charge >= 0.3 is 5.97 Å². The molecule has 0 aliphatic rings. The summed E-state index contributed by atoms with van der Waals surface area (Å²) in [6, 6.07) is 0. The molecule has 9 heteroatoms. The summed E-state index contributed by atoms with van der Waals surface area (Å²) in [6.45, 7) is 7.08. The van der Waals surface area contributed by atoms with Crippen LogP contribution < -0.4 is 15.4 Å². The zero-order chi connectivity index (χ0) is 21.0. The monoisotopic (exact) mass is 396 g/mol. The van der Waals surface area contributed by atoms with Crippen LogP contribution >= 0.6 is 0 Å². The number of anilines is 1. The van der Waals surface area contributed by atoms with Gasteiger partial charge in [0.15, 0.2) is 11.5 Å². The van der Waals surface area contributed by atoms with E-state index >= 15 is 0 Å². The zero-order valence-electron chi connectivity index (χ0n) is 17.5. The van der Waals surface area contributed by atoms with Crippen molar-refractivity contribution in [3.05, 3.63) is 11.9 Å². The van der Waals surface area contributed by atoms with Gasteiger partial charge in [-0.05, 0) is 19.3 Å². The molecule has 0 spiro atoms. The van der Waals surface area contributed by atoms with Crippen LogP contribution in [0.1, 0.15) is 56.9 Å². The maximum absolute atomic E-state index is 12.7. The topological polar surface area (TPSA) is 112 Å². The zero-order valence-corrected chi connectivity index (χ0v) is 17.5. The molecule has 1 aromatic heterocycles. The summed E-state index contributed by atoms with van der Waals surface area (Å²) in [6.07, 6.45) is 4.15. The van der Waals surface area contributed by atoms with Gasteiger partial charge in [0.2, 0.25) is 0 Å². The summed E-state index contributed by atoms with van der Waals surface area (Å²) in [7, 11) is 2.87. The average Bonchev–Trinajstić information content (AvgIpc) is 2.72. The van der Waals surface area contributed by atoms with Crippen LogP contribution in [0.4, 0.5) is 5.82 Å². The molecule has 1 rings (SSSR count). The molecule has 0 radical (unpaired) electrons. The summed E-state index contributed by atoms with van der Waals surface area (Å²) >= 11 is 0. The van der Waals surface area contributed by atoms with Gasteiger partial charge < -0.3 is 24.8 Å². The summed E-state index contributed by atoms with van der Waals surface area (Å²) in [4.78, 5) is 33.5. The minimum atomic E-state index is -1.11. The number of aromatic nitrogens is 2. The number of unbranched alkanes of at least 4 members (excludes halogenated alkanes) is 1. The van der Waals surface area contributed by atoms with Crippen LogP contribution in [0.5, 0.6) is 5.88 Å². The fraction of sp³-hybridized carbons (Fsp3) is 0.684. The van der Waals surface area contributed by atoms with Gasteiger partial charge in [0.1, 0.15) is 12.1 Å². The van der Waals surface area contributed by atoms with Gasteiger partial charge in [-0.1, -0.05) is 27.2 Å². The molecule has 28 heavy (non-hydrogen) atoms. The molecule has 0 bridgehead atoms. The fourth-order valence-electron chi connectivity index (χ4n) is 2.55. The second-order valence-corrected chi connectivity index (χ2v) is 6.27. The lowest BCUT2D eigenvalue weighted by atomic mass is 9.92. The SMILES string of the molecule is CCCCNc1ncc(C(=O)NC(CC)(CC)C(=O)OC)nc1OCCOC. The first-order valence-electron chi connectivity index (χ1n) is 9.61. The van der Waals surface area contributed by atoms with Gasteiger partial charge in [-0.15, -0.1) is 0 Å². The normalized spacial score (nSPS) is 11.0. The molecule has 0 aromatic carbocycles. The van der Waals surface area contributed by atoms with Crippen molar-refractivity contribution in [2.45, 2.75) is 52.0 Å². The maximum atomic E-state index is 12.7. The molecule has 158 valence electrons. The standard InChI is InChI=1S/C19H32N4O5/c1-6-9-10-20-15-17(28-12-11-26-4)22-14(13-21-15)16(24)23-19(7-2,8-3)18(25)27-5/h13H,6-12H2,1-5H3,(H,20,21)(H,23,24). The van der Waals surface area contributed by atoms with E-state index in [0.29, 0.717) is 31.8 Å². The smallest absolute Gasteiger partial charge is 0.331 e. The Hall–Kier alpha value is -2.42. The predicted molar refractivity (Wildman–Crippen MR) is 106 cm³/mol. The van der Waals surface area contributed by atoms with Crippen LogP contribution in [0.25, 0.3) is 0 Å². The van der Waals surface area contributed by atoms with Gasteiger partial charge in [0.25, 0.3) is 11.8 Å². The number of nitrogens with one attached hydrogen (secondary N) is 2. The van der Waals surface area contributed by atoms with Crippen molar-refractivity contribution in [2.75, 3.05) is 39.3 Å². The third kappa shape index (κ3) is 6.33. The Kier molecular flexibility index (Phi) is 10.2. The molecule has 0 aliphatic carbocycles. The Morgan fingerprint density at radius 1 is 1.14 bits per heavy atom. The Balaban J connectivity index is 3.05. The molecule has 0 saturated carbocycles. The number of rotatable bonds is 13. The Labute approximate surface area is 166 Å². The molecular weight excluding hydrogens is 364 g/mol. The van der Waals surface area contributed by atoms with Crippen LogP contribution in [0.3, 0.4) is 0 Å². The van der Waals surface area contributed by atoms with Gasteiger partial charge in [-0.3, -0.25) is 4.79 Å². The lowest BCUT2D eigenvalue weighted by Gasteiger charge is -2.29. The largest absolute Gasteiger partial charge is 0.473 e. The molecule has 0 fully saturated rings. The summed E-state index contributed by atoms with van der Waals surface area (Å²) < 4.78 is 15.5. The Morgan fingerprint density at radius 2 is 1.86 bits per heavy atom. The van der Waals surface area contributed by atoms with Crippen molar-refractivity contribution in [1.82, 2.24) is 15.3 Å². The van der Waals surface area contributed by atoms with Gasteiger partial charge in [0.05, 0.1) is 19.9 Å². The lowest BCUT2D eigenvalue weighted by molar-refractivity contribution is -0.148. The first-order valence-corrected chi connectivity index (χ1v) is 9.61. The van der Waals surface area contributed by atoms with Crippen LogP contribution in [0.2, 0.25) is 0 Å². The number of esters is 1. The van der Waals surface area contributed by atoms with E-state index in [2.05, 4.69) is 27.5 Å². The lowest BCUT2D eigenvalue weighted by Crippen LogP contribution is -2.54. The van der Waals surface area contributed by atoms with E-state index in [1.165, 1.54) is 13.3 Å². The van der Waals surface area contributed by atoms with E-state index in [9.17, 15) is 9.59 Å². The molecule has 0 aliphatic heterocycles. The Bertz CT molecular complexity index is 635. The van der Waals surface area contributed by atoms with Crippen LogP contribution in [-0.4, -0.2) is 61.4 Å². The van der Waals surface area contributed by atoms with Crippen LogP contribution in [0.15, 0.2) is 6.20 Å². The molecule has 1 aromatic rings. The van der Waals surface area contributed by atoms with E-state index in [0.717, 1.165) is 12.8 Å². The molecular formula is C19H32N4O5. The number of carbonyl (C=O) groups excluding carboxylic acids is 2. The second-order valence-electron chi connectivity index (χ2n) is 6.27. The number of hydrogen-bond acceptors (Lipinski definition) is 8.